The zero-order chi connectivity index (χ0) is 10.1. The third-order valence-corrected chi connectivity index (χ3v) is 2.07. The molecule has 0 radical (unpaired) electrons. The van der Waals surface area contributed by atoms with Gasteiger partial charge in [0, 0.05) is 26.1 Å². The number of fused-ring (bicyclic) bond motifs is 1. The van der Waals surface area contributed by atoms with Gasteiger partial charge in [-0.15, -0.1) is 0 Å². The number of hydrogen-bond acceptors (Lipinski definition) is 2. The molecule has 2 nitrogen and oxygen atoms in total. The average Bonchev–Trinajstić information content (AvgIpc) is 2.71. The number of amidine groups is 1. The Bertz CT molecular complexity index is 141. The first kappa shape index (κ1) is 12.5. The van der Waals surface area contributed by atoms with E-state index in [-0.39, 0.29) is 0 Å². The number of nitrogens with zero attached hydrogens (tertiary/aromatic N) is 2. The fourth-order valence-electron chi connectivity index (χ4n) is 1.60. The van der Waals surface area contributed by atoms with Crippen LogP contribution in [0.2, 0.25) is 0 Å². The van der Waals surface area contributed by atoms with Gasteiger partial charge in [0.05, 0.1) is 5.84 Å². The van der Waals surface area contributed by atoms with Crippen LogP contribution >= 0.6 is 0 Å². The van der Waals surface area contributed by atoms with Crippen molar-refractivity contribution in [3.63, 3.8) is 0 Å². The Morgan fingerprint density at radius 3 is 2.23 bits per heavy atom. The minimum Gasteiger partial charge on any atom is -0.360 e. The molecule has 0 N–H and O–H groups in total. The second kappa shape index (κ2) is 8.09. The molecule has 0 spiro atoms. The van der Waals surface area contributed by atoms with Gasteiger partial charge in [-0.25, -0.2) is 0 Å². The van der Waals surface area contributed by atoms with Crippen LogP contribution in [0.3, 0.4) is 0 Å². The van der Waals surface area contributed by atoms with E-state index in [9.17, 15) is 0 Å². The van der Waals surface area contributed by atoms with Gasteiger partial charge in [0.25, 0.3) is 0 Å². The van der Waals surface area contributed by atoms with E-state index in [1.54, 1.807) is 0 Å². The predicted molar refractivity (Wildman–Crippen MR) is 60.4 cm³/mol. The molecule has 78 valence electrons. The van der Waals surface area contributed by atoms with Crippen LogP contribution in [0.25, 0.3) is 0 Å². The fourth-order valence-corrected chi connectivity index (χ4v) is 1.60. The molecular weight excluding hydrogens is 160 g/mol. The third-order valence-electron chi connectivity index (χ3n) is 2.07. The molecule has 0 amide bonds. The van der Waals surface area contributed by atoms with Gasteiger partial charge >= 0.3 is 0 Å². The first-order valence-corrected chi connectivity index (χ1v) is 5.75. The minimum absolute atomic E-state index is 1.08. The first-order chi connectivity index (χ1) is 6.47. The number of hydrogen-bond donors (Lipinski definition) is 0. The maximum absolute atomic E-state index is 4.43. The van der Waals surface area contributed by atoms with Crippen LogP contribution in [0.4, 0.5) is 0 Å². The molecule has 2 rings (SSSR count). The third kappa shape index (κ3) is 3.79. The maximum Gasteiger partial charge on any atom is 0.0989 e. The molecule has 1 saturated heterocycles. The Hall–Kier alpha value is -0.530. The summed E-state index contributed by atoms with van der Waals surface area (Å²) in [6.07, 6.45) is 3.84. The lowest BCUT2D eigenvalue weighted by Crippen LogP contribution is -2.29. The molecule has 0 aromatic heterocycles. The highest BCUT2D eigenvalue weighted by Gasteiger charge is 2.19. The van der Waals surface area contributed by atoms with Crippen molar-refractivity contribution < 1.29 is 0 Å². The standard InChI is InChI=1S/C7H12N2.2C2H6/c1-3-7-8-4-2-6-9(7)5-1;2*1-2/h1-6H2;2*1-2H3. The normalized spacial score (nSPS) is 18.8. The van der Waals surface area contributed by atoms with Crippen molar-refractivity contribution >= 4 is 5.84 Å². The molecule has 0 bridgehead atoms. The molecule has 0 aromatic carbocycles. The summed E-state index contributed by atoms with van der Waals surface area (Å²) in [6, 6.07) is 0. The molecule has 2 aliphatic rings. The highest BCUT2D eigenvalue weighted by atomic mass is 15.2. The SMILES string of the molecule is C1CN=C2CCCN2C1.CC.CC. The van der Waals surface area contributed by atoms with Crippen LogP contribution in [0.5, 0.6) is 0 Å². The molecule has 0 unspecified atom stereocenters. The van der Waals surface area contributed by atoms with Gasteiger partial charge in [0.1, 0.15) is 0 Å². The topological polar surface area (TPSA) is 15.6 Å². The van der Waals surface area contributed by atoms with Gasteiger partial charge in [-0.05, 0) is 12.8 Å². The second-order valence-electron chi connectivity index (χ2n) is 2.74. The Kier molecular flexibility index (Phi) is 7.76. The second-order valence-corrected chi connectivity index (χ2v) is 2.74. The number of rotatable bonds is 0. The van der Waals surface area contributed by atoms with E-state index in [4.69, 9.17) is 0 Å². The molecule has 1 fully saturated rings. The van der Waals surface area contributed by atoms with Crippen molar-refractivity contribution in [2.75, 3.05) is 19.6 Å². The van der Waals surface area contributed by atoms with Gasteiger partial charge in [0.15, 0.2) is 0 Å². The van der Waals surface area contributed by atoms with E-state index < -0.39 is 0 Å². The molecule has 2 aliphatic heterocycles. The summed E-state index contributed by atoms with van der Waals surface area (Å²) in [6.45, 7) is 11.6. The quantitative estimate of drug-likeness (QED) is 0.565. The monoisotopic (exact) mass is 184 g/mol. The van der Waals surface area contributed by atoms with Crippen molar-refractivity contribution in [1.29, 1.82) is 0 Å². The Morgan fingerprint density at radius 1 is 1.00 bits per heavy atom. The summed E-state index contributed by atoms with van der Waals surface area (Å²) in [5.41, 5.74) is 0. The lowest BCUT2D eigenvalue weighted by atomic mass is 10.3. The lowest BCUT2D eigenvalue weighted by molar-refractivity contribution is 0.427. The Balaban J connectivity index is 0.000000322. The van der Waals surface area contributed by atoms with Crippen molar-refractivity contribution in [2.45, 2.75) is 47.0 Å². The summed E-state index contributed by atoms with van der Waals surface area (Å²) in [5.74, 6) is 1.38. The van der Waals surface area contributed by atoms with E-state index in [0.29, 0.717) is 0 Å². The van der Waals surface area contributed by atoms with Crippen LogP contribution in [0.1, 0.15) is 47.0 Å². The van der Waals surface area contributed by atoms with Crippen LogP contribution in [-0.4, -0.2) is 30.4 Å². The van der Waals surface area contributed by atoms with Gasteiger partial charge < -0.3 is 4.90 Å². The van der Waals surface area contributed by atoms with Crippen molar-refractivity contribution in [3.05, 3.63) is 0 Å². The van der Waals surface area contributed by atoms with E-state index in [1.165, 1.54) is 38.2 Å². The fraction of sp³-hybridized carbons (Fsp3) is 0.909. The van der Waals surface area contributed by atoms with Gasteiger partial charge in [0.2, 0.25) is 0 Å². The first-order valence-electron chi connectivity index (χ1n) is 5.75. The molecule has 0 saturated carbocycles. The van der Waals surface area contributed by atoms with Gasteiger partial charge in [-0.1, -0.05) is 27.7 Å². The average molecular weight is 184 g/mol. The van der Waals surface area contributed by atoms with Crippen LogP contribution in [0, 0.1) is 0 Å². The van der Waals surface area contributed by atoms with Crippen molar-refractivity contribution in [2.24, 2.45) is 4.99 Å². The summed E-state index contributed by atoms with van der Waals surface area (Å²) in [5, 5.41) is 0. The summed E-state index contributed by atoms with van der Waals surface area (Å²) in [7, 11) is 0. The van der Waals surface area contributed by atoms with Crippen LogP contribution in [0.15, 0.2) is 4.99 Å². The van der Waals surface area contributed by atoms with E-state index in [0.717, 1.165) is 6.54 Å². The molecule has 0 aliphatic carbocycles. The molecule has 2 heterocycles. The summed E-state index contributed by atoms with van der Waals surface area (Å²) < 4.78 is 0. The van der Waals surface area contributed by atoms with Crippen molar-refractivity contribution in [1.82, 2.24) is 4.90 Å². The maximum atomic E-state index is 4.43. The largest absolute Gasteiger partial charge is 0.360 e. The van der Waals surface area contributed by atoms with Gasteiger partial charge in [-0.2, -0.15) is 0 Å². The summed E-state index contributed by atoms with van der Waals surface area (Å²) >= 11 is 0. The summed E-state index contributed by atoms with van der Waals surface area (Å²) in [4.78, 5) is 6.85. The molecule has 0 atom stereocenters. The molecule has 0 aromatic rings. The van der Waals surface area contributed by atoms with Crippen LogP contribution in [-0.2, 0) is 0 Å². The highest BCUT2D eigenvalue weighted by Crippen LogP contribution is 2.14. The number of aliphatic imine (C=N–C) groups is 1. The zero-order valence-corrected chi connectivity index (χ0v) is 9.64. The van der Waals surface area contributed by atoms with Crippen molar-refractivity contribution in [3.8, 4) is 0 Å². The Labute approximate surface area is 83.0 Å². The van der Waals surface area contributed by atoms with E-state index in [1.807, 2.05) is 27.7 Å². The minimum atomic E-state index is 1.08. The lowest BCUT2D eigenvalue weighted by Gasteiger charge is -2.21. The predicted octanol–water partition coefficient (Wildman–Crippen LogP) is 2.94. The molecule has 13 heavy (non-hydrogen) atoms. The zero-order valence-electron chi connectivity index (χ0n) is 9.64. The highest BCUT2D eigenvalue weighted by molar-refractivity contribution is 5.84. The van der Waals surface area contributed by atoms with Crippen LogP contribution < -0.4 is 0 Å². The molecule has 2 heteroatoms. The smallest absolute Gasteiger partial charge is 0.0989 e. The van der Waals surface area contributed by atoms with Gasteiger partial charge in [-0.3, -0.25) is 4.99 Å². The van der Waals surface area contributed by atoms with E-state index in [2.05, 4.69) is 9.89 Å². The molecular formula is C11H24N2. The Morgan fingerprint density at radius 2 is 1.62 bits per heavy atom. The van der Waals surface area contributed by atoms with E-state index >= 15 is 0 Å².